The summed E-state index contributed by atoms with van der Waals surface area (Å²) in [5, 5.41) is 30.7. The number of aliphatic hydroxyl groups is 2. The number of carbonyl (C=O) groups excluding carboxylic acids is 3. The molecule has 0 spiro atoms. The number of hydrogen-bond acceptors (Lipinski definition) is 10. The highest BCUT2D eigenvalue weighted by molar-refractivity contribution is 5.98. The Kier molecular flexibility index (Phi) is 10.2. The van der Waals surface area contributed by atoms with E-state index in [2.05, 4.69) is 10.3 Å². The molecule has 0 unspecified atom stereocenters. The van der Waals surface area contributed by atoms with Crippen LogP contribution in [-0.4, -0.2) is 64.5 Å². The molecule has 0 aromatic heterocycles. The topological polar surface area (TPSA) is 152 Å². The molecule has 186 valence electrons. The molecule has 1 aliphatic heterocycles. The van der Waals surface area contributed by atoms with Gasteiger partial charge in [0.1, 0.15) is 29.3 Å². The van der Waals surface area contributed by atoms with E-state index in [4.69, 9.17) is 9.47 Å². The van der Waals surface area contributed by atoms with Crippen LogP contribution < -0.4 is 10.2 Å². The molecule has 0 amide bonds. The molecule has 4 N–H and O–H groups in total. The molecule has 10 nitrogen and oxygen atoms in total. The molecule has 0 saturated carbocycles. The van der Waals surface area contributed by atoms with Crippen molar-refractivity contribution >= 4 is 23.8 Å². The highest BCUT2D eigenvalue weighted by Crippen LogP contribution is 2.33. The summed E-state index contributed by atoms with van der Waals surface area (Å²) in [5.41, 5.74) is 2.59. The van der Waals surface area contributed by atoms with Gasteiger partial charge in [-0.2, -0.15) is 5.48 Å². The Morgan fingerprint density at radius 1 is 1.21 bits per heavy atom. The number of phenols is 1. The van der Waals surface area contributed by atoms with Gasteiger partial charge in [-0.05, 0) is 38.0 Å². The Balaban J connectivity index is 2.34. The maximum atomic E-state index is 13.0. The van der Waals surface area contributed by atoms with Gasteiger partial charge in [0, 0.05) is 24.9 Å². The summed E-state index contributed by atoms with van der Waals surface area (Å²) in [4.78, 5) is 40.5. The zero-order valence-corrected chi connectivity index (χ0v) is 19.4. The van der Waals surface area contributed by atoms with Crippen molar-refractivity contribution in [1.29, 1.82) is 0 Å². The number of aromatic hydroxyl groups is 1. The van der Waals surface area contributed by atoms with Crippen LogP contribution in [0.3, 0.4) is 0 Å². The molecule has 34 heavy (non-hydrogen) atoms. The number of benzene rings is 1. The fourth-order valence-electron chi connectivity index (χ4n) is 3.05. The molecule has 10 heteroatoms. The standard InChI is InChI=1S/C24H31NO9/c1-14-8-9-20(29)23(30)19(28)7-4-6-17-21(32-13-5-12-25-34-16(3)26)11-10-18(27)22(17)24(31)33-15(14)2/h4,6,8-11,14-15,19,23,25,27-28,30H,5,7,12-13H2,1-3H3/b6-4+,9-8-/t14-,15+,19+,23+/m1/s1. The molecular weight excluding hydrogens is 446 g/mol. The smallest absolute Gasteiger partial charge is 0.342 e. The number of nitrogens with one attached hydrogen (secondary N) is 1. The number of carbonyl (C=O) groups is 3. The third-order valence-corrected chi connectivity index (χ3v) is 5.20. The minimum atomic E-state index is -1.61. The van der Waals surface area contributed by atoms with Crippen LogP contribution in [0.15, 0.2) is 30.4 Å². The number of phenolic OH excluding ortho intramolecular Hbond substituents is 1. The Morgan fingerprint density at radius 2 is 1.94 bits per heavy atom. The van der Waals surface area contributed by atoms with Crippen molar-refractivity contribution in [3.8, 4) is 11.5 Å². The third kappa shape index (κ3) is 7.68. The van der Waals surface area contributed by atoms with Gasteiger partial charge in [0.05, 0.1) is 12.7 Å². The number of esters is 1. The second-order valence-electron chi connectivity index (χ2n) is 7.94. The van der Waals surface area contributed by atoms with E-state index < -0.39 is 36.0 Å². The molecule has 0 aliphatic carbocycles. The Bertz CT molecular complexity index is 941. The summed E-state index contributed by atoms with van der Waals surface area (Å²) in [6.07, 6.45) is 2.30. The molecule has 1 aromatic rings. The van der Waals surface area contributed by atoms with E-state index in [9.17, 15) is 29.7 Å². The average molecular weight is 478 g/mol. The zero-order chi connectivity index (χ0) is 25.3. The maximum absolute atomic E-state index is 13.0. The first kappa shape index (κ1) is 27.0. The molecular formula is C24H31NO9. The minimum Gasteiger partial charge on any atom is -0.507 e. The normalized spacial score (nSPS) is 25.4. The van der Waals surface area contributed by atoms with Crippen LogP contribution in [0.5, 0.6) is 11.5 Å². The van der Waals surface area contributed by atoms with E-state index in [1.54, 1.807) is 13.8 Å². The van der Waals surface area contributed by atoms with Crippen molar-refractivity contribution in [2.45, 2.75) is 51.9 Å². The summed E-state index contributed by atoms with van der Waals surface area (Å²) in [5.74, 6) is -2.34. The Labute approximate surface area is 197 Å². The fourth-order valence-corrected chi connectivity index (χ4v) is 3.05. The van der Waals surface area contributed by atoms with E-state index in [0.29, 0.717) is 13.0 Å². The summed E-state index contributed by atoms with van der Waals surface area (Å²) in [6, 6.07) is 2.80. The molecule has 0 saturated heterocycles. The number of aliphatic hydroxyl groups excluding tert-OH is 2. The van der Waals surface area contributed by atoms with Gasteiger partial charge in [0.2, 0.25) is 0 Å². The van der Waals surface area contributed by atoms with Crippen molar-refractivity contribution in [1.82, 2.24) is 5.48 Å². The first-order chi connectivity index (χ1) is 16.1. The number of hydrogen-bond donors (Lipinski definition) is 4. The number of rotatable bonds is 6. The lowest BCUT2D eigenvalue weighted by Gasteiger charge is -2.21. The van der Waals surface area contributed by atoms with E-state index in [-0.39, 0.29) is 41.6 Å². The number of ether oxygens (including phenoxy) is 2. The van der Waals surface area contributed by atoms with Gasteiger partial charge in [-0.15, -0.1) is 0 Å². The lowest BCUT2D eigenvalue weighted by atomic mass is 9.99. The first-order valence-electron chi connectivity index (χ1n) is 11.0. The van der Waals surface area contributed by atoms with Crippen LogP contribution >= 0.6 is 0 Å². The SMILES string of the molecule is CC(=O)ONCCCOc1ccc(O)c2c1/C=C/C[C@H](O)[C@H](O)C(=O)/C=C\[C@@H](C)[C@H](C)OC2=O. The third-order valence-electron chi connectivity index (χ3n) is 5.20. The molecule has 0 radical (unpaired) electrons. The van der Waals surface area contributed by atoms with Gasteiger partial charge in [-0.3, -0.25) is 9.59 Å². The van der Waals surface area contributed by atoms with Crippen molar-refractivity contribution < 1.29 is 44.0 Å². The number of fused-ring (bicyclic) bond motifs is 1. The lowest BCUT2D eigenvalue weighted by molar-refractivity contribution is -0.148. The van der Waals surface area contributed by atoms with Gasteiger partial charge >= 0.3 is 11.9 Å². The van der Waals surface area contributed by atoms with Gasteiger partial charge in [-0.25, -0.2) is 4.79 Å². The van der Waals surface area contributed by atoms with Crippen molar-refractivity contribution in [3.63, 3.8) is 0 Å². The lowest BCUT2D eigenvalue weighted by Crippen LogP contribution is -2.32. The Hall–Kier alpha value is -3.21. The first-order valence-corrected chi connectivity index (χ1v) is 11.0. The van der Waals surface area contributed by atoms with Gasteiger partial charge in [0.15, 0.2) is 5.78 Å². The monoisotopic (exact) mass is 477 g/mol. The van der Waals surface area contributed by atoms with Gasteiger partial charge in [-0.1, -0.05) is 25.2 Å². The van der Waals surface area contributed by atoms with Crippen LogP contribution in [-0.2, 0) is 19.2 Å². The molecule has 1 aromatic carbocycles. The van der Waals surface area contributed by atoms with E-state index in [1.807, 2.05) is 0 Å². The average Bonchev–Trinajstić information content (AvgIpc) is 2.78. The number of ketones is 1. The number of cyclic esters (lactones) is 1. The molecule has 0 bridgehead atoms. The Morgan fingerprint density at radius 3 is 2.65 bits per heavy atom. The highest BCUT2D eigenvalue weighted by atomic mass is 16.7. The predicted molar refractivity (Wildman–Crippen MR) is 122 cm³/mol. The van der Waals surface area contributed by atoms with Crippen molar-refractivity contribution in [2.24, 2.45) is 5.92 Å². The second-order valence-corrected chi connectivity index (χ2v) is 7.94. The minimum absolute atomic E-state index is 0.0947. The fraction of sp³-hybridized carbons (Fsp3) is 0.458. The van der Waals surface area contributed by atoms with Gasteiger partial charge < -0.3 is 29.6 Å². The summed E-state index contributed by atoms with van der Waals surface area (Å²) >= 11 is 0. The quantitative estimate of drug-likeness (QED) is 0.270. The summed E-state index contributed by atoms with van der Waals surface area (Å²) in [6.45, 7) is 5.16. The van der Waals surface area contributed by atoms with Crippen LogP contribution in [0.25, 0.3) is 6.08 Å². The van der Waals surface area contributed by atoms with Crippen LogP contribution in [0, 0.1) is 5.92 Å². The van der Waals surface area contributed by atoms with Crippen molar-refractivity contribution in [3.05, 3.63) is 41.5 Å². The van der Waals surface area contributed by atoms with E-state index >= 15 is 0 Å². The van der Waals surface area contributed by atoms with Crippen LogP contribution in [0.1, 0.15) is 49.5 Å². The molecule has 4 atom stereocenters. The van der Waals surface area contributed by atoms with E-state index in [0.717, 1.165) is 6.08 Å². The van der Waals surface area contributed by atoms with Crippen LogP contribution in [0.2, 0.25) is 0 Å². The molecule has 0 fully saturated rings. The molecule has 1 heterocycles. The second kappa shape index (κ2) is 12.9. The zero-order valence-electron chi connectivity index (χ0n) is 19.4. The van der Waals surface area contributed by atoms with Crippen molar-refractivity contribution in [2.75, 3.05) is 13.2 Å². The summed E-state index contributed by atoms with van der Waals surface area (Å²) < 4.78 is 11.3. The van der Waals surface area contributed by atoms with E-state index in [1.165, 1.54) is 37.3 Å². The molecule has 2 rings (SSSR count). The van der Waals surface area contributed by atoms with Crippen LogP contribution in [0.4, 0.5) is 0 Å². The number of hydroxylamine groups is 1. The molecule has 1 aliphatic rings. The maximum Gasteiger partial charge on any atom is 0.342 e. The predicted octanol–water partition coefficient (Wildman–Crippen LogP) is 1.67. The van der Waals surface area contributed by atoms with Gasteiger partial charge in [0.25, 0.3) is 0 Å². The summed E-state index contributed by atoms with van der Waals surface area (Å²) in [7, 11) is 0. The largest absolute Gasteiger partial charge is 0.507 e. The highest BCUT2D eigenvalue weighted by Gasteiger charge is 2.26.